The lowest BCUT2D eigenvalue weighted by molar-refractivity contribution is -0.175. The zero-order valence-corrected chi connectivity index (χ0v) is 13.0. The van der Waals surface area contributed by atoms with Crippen molar-refractivity contribution in [1.82, 2.24) is 0 Å². The van der Waals surface area contributed by atoms with E-state index in [1.807, 2.05) is 32.0 Å². The number of benzene rings is 1. The Kier molecular flexibility index (Phi) is 5.37. The summed E-state index contributed by atoms with van der Waals surface area (Å²) < 4.78 is 17.1. The van der Waals surface area contributed by atoms with Gasteiger partial charge in [0.2, 0.25) is 6.29 Å². The summed E-state index contributed by atoms with van der Waals surface area (Å²) in [4.78, 5) is 12.1. The van der Waals surface area contributed by atoms with E-state index < -0.39 is 12.1 Å². The number of esters is 1. The number of ether oxygens (including phenoxy) is 3. The van der Waals surface area contributed by atoms with Gasteiger partial charge in [-0.05, 0) is 32.4 Å². The van der Waals surface area contributed by atoms with E-state index in [0.29, 0.717) is 5.56 Å². The van der Waals surface area contributed by atoms with Crippen LogP contribution in [0.3, 0.4) is 0 Å². The van der Waals surface area contributed by atoms with Crippen LogP contribution in [0.15, 0.2) is 30.3 Å². The van der Waals surface area contributed by atoms with Gasteiger partial charge in [-0.15, -0.1) is 0 Å². The molecule has 0 bridgehead atoms. The van der Waals surface area contributed by atoms with Crippen molar-refractivity contribution in [2.24, 2.45) is 0 Å². The molecule has 1 aliphatic rings. The van der Waals surface area contributed by atoms with Crippen molar-refractivity contribution in [3.8, 4) is 0 Å². The molecule has 4 nitrogen and oxygen atoms in total. The molecule has 0 amide bonds. The fourth-order valence-electron chi connectivity index (χ4n) is 2.44. The van der Waals surface area contributed by atoms with Crippen LogP contribution in [0.5, 0.6) is 0 Å². The fraction of sp³-hybridized carbons (Fsp3) is 0.588. The molecule has 0 aliphatic carbocycles. The third kappa shape index (κ3) is 4.55. The molecule has 4 heteroatoms. The highest BCUT2D eigenvalue weighted by Crippen LogP contribution is 2.32. The number of hydrogen-bond donors (Lipinski definition) is 0. The molecule has 0 spiro atoms. The highest BCUT2D eigenvalue weighted by molar-refractivity contribution is 5.89. The van der Waals surface area contributed by atoms with Gasteiger partial charge in [0.05, 0.1) is 5.56 Å². The Hall–Kier alpha value is -1.39. The van der Waals surface area contributed by atoms with Crippen LogP contribution in [0.1, 0.15) is 56.8 Å². The van der Waals surface area contributed by atoms with Gasteiger partial charge >= 0.3 is 5.97 Å². The second kappa shape index (κ2) is 7.05. The van der Waals surface area contributed by atoms with Gasteiger partial charge in [0, 0.05) is 0 Å². The molecule has 0 saturated carbocycles. The van der Waals surface area contributed by atoms with Crippen molar-refractivity contribution in [1.29, 1.82) is 0 Å². The average Bonchev–Trinajstić information content (AvgIpc) is 2.74. The summed E-state index contributed by atoms with van der Waals surface area (Å²) in [5.74, 6) is -1.08. The van der Waals surface area contributed by atoms with E-state index in [1.165, 1.54) is 0 Å². The predicted molar refractivity (Wildman–Crippen MR) is 79.8 cm³/mol. The molecular formula is C17H24O4. The predicted octanol–water partition coefficient (Wildman–Crippen LogP) is 3.90. The highest BCUT2D eigenvalue weighted by atomic mass is 16.8. The molecule has 1 aromatic carbocycles. The topological polar surface area (TPSA) is 44.8 Å². The maximum atomic E-state index is 12.1. The Bertz CT molecular complexity index is 455. The third-order valence-electron chi connectivity index (χ3n) is 3.46. The Labute approximate surface area is 126 Å². The third-order valence-corrected chi connectivity index (χ3v) is 3.46. The lowest BCUT2D eigenvalue weighted by atomic mass is 10.1. The number of unbranched alkanes of at least 4 members (excludes halogenated alkanes) is 2. The Morgan fingerprint density at radius 3 is 2.57 bits per heavy atom. The first-order valence-electron chi connectivity index (χ1n) is 7.63. The largest absolute Gasteiger partial charge is 0.429 e. The maximum absolute atomic E-state index is 12.1. The monoisotopic (exact) mass is 292 g/mol. The van der Waals surface area contributed by atoms with Crippen LogP contribution in [-0.2, 0) is 14.2 Å². The number of rotatable bonds is 6. The molecule has 2 atom stereocenters. The van der Waals surface area contributed by atoms with E-state index in [0.717, 1.165) is 25.7 Å². The van der Waals surface area contributed by atoms with Crippen molar-refractivity contribution < 1.29 is 19.0 Å². The van der Waals surface area contributed by atoms with Gasteiger partial charge in [0.25, 0.3) is 0 Å². The summed E-state index contributed by atoms with van der Waals surface area (Å²) in [6, 6.07) is 8.95. The maximum Gasteiger partial charge on any atom is 0.340 e. The van der Waals surface area contributed by atoms with Crippen molar-refractivity contribution in [3.63, 3.8) is 0 Å². The number of carbonyl (C=O) groups is 1. The van der Waals surface area contributed by atoms with Gasteiger partial charge in [-0.25, -0.2) is 4.79 Å². The summed E-state index contributed by atoms with van der Waals surface area (Å²) >= 11 is 0. The first-order chi connectivity index (χ1) is 10.0. The standard InChI is InChI=1S/C17H24O4/c1-4-5-7-12-14-16(21-17(2,3)20-14)19-15(18)13-10-8-6-9-11-13/h6,8-11,14,16H,4-5,7,12H2,1-3H3/t14-,16-/m1/s1. The molecule has 21 heavy (non-hydrogen) atoms. The van der Waals surface area contributed by atoms with Crippen molar-refractivity contribution in [3.05, 3.63) is 35.9 Å². The van der Waals surface area contributed by atoms with Crippen LogP contribution in [0.4, 0.5) is 0 Å². The molecule has 1 fully saturated rings. The van der Waals surface area contributed by atoms with Gasteiger partial charge in [0.1, 0.15) is 6.10 Å². The molecule has 1 heterocycles. The number of carbonyl (C=O) groups excluding carboxylic acids is 1. The van der Waals surface area contributed by atoms with Crippen LogP contribution in [0, 0.1) is 0 Å². The zero-order chi connectivity index (χ0) is 15.3. The summed E-state index contributed by atoms with van der Waals surface area (Å²) in [6.45, 7) is 5.84. The van der Waals surface area contributed by atoms with Crippen LogP contribution in [0.2, 0.25) is 0 Å². The first-order valence-corrected chi connectivity index (χ1v) is 7.63. The lowest BCUT2D eigenvalue weighted by Crippen LogP contribution is -2.28. The minimum atomic E-state index is -0.710. The van der Waals surface area contributed by atoms with Gasteiger partial charge in [-0.3, -0.25) is 0 Å². The molecule has 0 unspecified atom stereocenters. The van der Waals surface area contributed by atoms with Crippen LogP contribution < -0.4 is 0 Å². The fourth-order valence-corrected chi connectivity index (χ4v) is 2.44. The van der Waals surface area contributed by atoms with Gasteiger partial charge in [-0.1, -0.05) is 44.4 Å². The smallest absolute Gasteiger partial charge is 0.340 e. The molecule has 0 radical (unpaired) electrons. The van der Waals surface area contributed by atoms with Crippen molar-refractivity contribution in [2.75, 3.05) is 0 Å². The van der Waals surface area contributed by atoms with Crippen molar-refractivity contribution in [2.45, 2.75) is 64.6 Å². The van der Waals surface area contributed by atoms with Gasteiger partial charge in [0.15, 0.2) is 5.79 Å². The summed E-state index contributed by atoms with van der Waals surface area (Å²) in [5, 5.41) is 0. The van der Waals surface area contributed by atoms with E-state index in [-0.39, 0.29) is 12.1 Å². The Morgan fingerprint density at radius 1 is 1.19 bits per heavy atom. The van der Waals surface area contributed by atoms with Gasteiger partial charge in [-0.2, -0.15) is 0 Å². The summed E-state index contributed by atoms with van der Waals surface area (Å²) in [7, 11) is 0. The quantitative estimate of drug-likeness (QED) is 0.589. The molecule has 1 aliphatic heterocycles. The Balaban J connectivity index is 1.97. The van der Waals surface area contributed by atoms with Crippen LogP contribution in [-0.4, -0.2) is 24.2 Å². The minimum absolute atomic E-state index is 0.195. The average molecular weight is 292 g/mol. The van der Waals surface area contributed by atoms with E-state index >= 15 is 0 Å². The summed E-state index contributed by atoms with van der Waals surface area (Å²) in [6.07, 6.45) is 3.33. The second-order valence-electron chi connectivity index (χ2n) is 5.81. The highest BCUT2D eigenvalue weighted by Gasteiger charge is 2.43. The molecule has 0 aromatic heterocycles. The molecule has 1 saturated heterocycles. The molecule has 116 valence electrons. The summed E-state index contributed by atoms with van der Waals surface area (Å²) in [5.41, 5.74) is 0.526. The lowest BCUT2D eigenvalue weighted by Gasteiger charge is -2.17. The van der Waals surface area contributed by atoms with Crippen LogP contribution in [0.25, 0.3) is 0 Å². The molecule has 0 N–H and O–H groups in total. The SMILES string of the molecule is CCCCC[C@H]1OC(C)(C)O[C@H]1OC(=O)c1ccccc1. The second-order valence-corrected chi connectivity index (χ2v) is 5.81. The van der Waals surface area contributed by atoms with E-state index in [2.05, 4.69) is 6.92 Å². The first kappa shape index (κ1) is 16.0. The Morgan fingerprint density at radius 2 is 1.90 bits per heavy atom. The molecular weight excluding hydrogens is 268 g/mol. The zero-order valence-electron chi connectivity index (χ0n) is 13.0. The minimum Gasteiger partial charge on any atom is -0.429 e. The van der Waals surface area contributed by atoms with Crippen molar-refractivity contribution >= 4 is 5.97 Å². The van der Waals surface area contributed by atoms with E-state index in [4.69, 9.17) is 14.2 Å². The van der Waals surface area contributed by atoms with E-state index in [1.54, 1.807) is 12.1 Å². The van der Waals surface area contributed by atoms with E-state index in [9.17, 15) is 4.79 Å². The molecule has 1 aromatic rings. The van der Waals surface area contributed by atoms with Crippen LogP contribution >= 0.6 is 0 Å². The number of hydrogen-bond acceptors (Lipinski definition) is 4. The molecule has 2 rings (SSSR count). The van der Waals surface area contributed by atoms with Gasteiger partial charge < -0.3 is 14.2 Å². The normalized spacial score (nSPS) is 24.0.